The number of fused-ring (bicyclic) bond motifs is 1. The maximum absolute atomic E-state index is 2.58. The molecule has 0 heteroatoms. The molecule has 0 amide bonds. The van der Waals surface area contributed by atoms with Crippen molar-refractivity contribution >= 4 is 0 Å². The molecule has 2 saturated carbocycles. The molecule has 0 nitrogen and oxygen atoms in total. The summed E-state index contributed by atoms with van der Waals surface area (Å²) in [6.45, 7) is 20.0. The largest absolute Gasteiger partial charge is 0.0625 e. The van der Waals surface area contributed by atoms with Crippen molar-refractivity contribution in [3.63, 3.8) is 0 Å². The molecule has 2 rings (SSSR count). The molecule has 0 aromatic heterocycles. The molecule has 0 heterocycles. The lowest BCUT2D eigenvalue weighted by Gasteiger charge is -2.47. The van der Waals surface area contributed by atoms with Gasteiger partial charge in [0, 0.05) is 0 Å². The first-order valence-corrected chi connectivity index (χ1v) is 8.77. The van der Waals surface area contributed by atoms with E-state index < -0.39 is 0 Å². The van der Waals surface area contributed by atoms with Gasteiger partial charge in [0.05, 0.1) is 0 Å². The van der Waals surface area contributed by atoms with Crippen molar-refractivity contribution in [3.8, 4) is 0 Å². The summed E-state index contributed by atoms with van der Waals surface area (Å²) in [6.07, 6.45) is 1.47. The highest BCUT2D eigenvalue weighted by atomic mass is 14.6. The van der Waals surface area contributed by atoms with Gasteiger partial charge in [0.15, 0.2) is 0 Å². The highest BCUT2D eigenvalue weighted by Crippen LogP contribution is 2.60. The molecule has 8 atom stereocenters. The van der Waals surface area contributed by atoms with Gasteiger partial charge in [0.1, 0.15) is 0 Å². The summed E-state index contributed by atoms with van der Waals surface area (Å²) in [5.41, 5.74) is 0. The van der Waals surface area contributed by atoms with Crippen LogP contribution in [0.4, 0.5) is 0 Å². The third-order valence-corrected chi connectivity index (χ3v) is 7.14. The minimum Gasteiger partial charge on any atom is -0.0625 e. The van der Waals surface area contributed by atoms with E-state index in [0.29, 0.717) is 0 Å². The Morgan fingerprint density at radius 1 is 0.684 bits per heavy atom. The van der Waals surface area contributed by atoms with Crippen LogP contribution in [0, 0.1) is 59.2 Å². The van der Waals surface area contributed by atoms with Crippen LogP contribution in [-0.2, 0) is 0 Å². The van der Waals surface area contributed by atoms with Crippen molar-refractivity contribution in [2.24, 2.45) is 59.2 Å². The normalized spacial score (nSPS) is 50.8. The second-order valence-electron chi connectivity index (χ2n) is 8.67. The van der Waals surface area contributed by atoms with E-state index in [1.165, 1.54) is 6.42 Å². The molecule has 0 bridgehead atoms. The topological polar surface area (TPSA) is 0 Å². The maximum Gasteiger partial charge on any atom is -0.0319 e. The van der Waals surface area contributed by atoms with Crippen molar-refractivity contribution < 1.29 is 0 Å². The highest BCUT2D eigenvalue weighted by Gasteiger charge is 2.54. The number of hydrogen-bond acceptors (Lipinski definition) is 0. The summed E-state index contributed by atoms with van der Waals surface area (Å²) >= 11 is 0. The molecular formula is C19H36. The van der Waals surface area contributed by atoms with Crippen LogP contribution in [-0.4, -0.2) is 0 Å². The first kappa shape index (κ1) is 15.4. The molecule has 0 aliphatic heterocycles. The minimum atomic E-state index is 0.855. The van der Waals surface area contributed by atoms with Crippen LogP contribution in [0.25, 0.3) is 0 Å². The monoisotopic (exact) mass is 264 g/mol. The predicted molar refractivity (Wildman–Crippen MR) is 84.9 cm³/mol. The Kier molecular flexibility index (Phi) is 4.38. The van der Waals surface area contributed by atoms with Crippen molar-refractivity contribution in [2.45, 2.75) is 61.8 Å². The third kappa shape index (κ3) is 2.38. The standard InChI is InChI=1S/C19H36/c1-10(2)16-9-12(5)18-14(7)13(6)17(11(3)4)19(18)15(16)8/h10-19H,9H2,1-8H3. The summed E-state index contributed by atoms with van der Waals surface area (Å²) in [4.78, 5) is 0. The lowest BCUT2D eigenvalue weighted by atomic mass is 9.58. The Bertz CT molecular complexity index is 293. The van der Waals surface area contributed by atoms with E-state index in [1.807, 2.05) is 0 Å². The van der Waals surface area contributed by atoms with Gasteiger partial charge in [0.2, 0.25) is 0 Å². The minimum absolute atomic E-state index is 0.855. The average molecular weight is 264 g/mol. The van der Waals surface area contributed by atoms with E-state index >= 15 is 0 Å². The summed E-state index contributed by atoms with van der Waals surface area (Å²) in [5, 5.41) is 0. The van der Waals surface area contributed by atoms with E-state index in [2.05, 4.69) is 55.4 Å². The van der Waals surface area contributed by atoms with Crippen LogP contribution >= 0.6 is 0 Å². The quantitative estimate of drug-likeness (QED) is 0.598. The van der Waals surface area contributed by atoms with Crippen LogP contribution in [0.1, 0.15) is 61.8 Å². The predicted octanol–water partition coefficient (Wildman–Crippen LogP) is 5.72. The van der Waals surface area contributed by atoms with E-state index in [-0.39, 0.29) is 0 Å². The molecule has 0 radical (unpaired) electrons. The smallest absolute Gasteiger partial charge is 0.0319 e. The van der Waals surface area contributed by atoms with Crippen LogP contribution < -0.4 is 0 Å². The van der Waals surface area contributed by atoms with Crippen LogP contribution in [0.3, 0.4) is 0 Å². The zero-order valence-electron chi connectivity index (χ0n) is 14.5. The lowest BCUT2D eigenvalue weighted by molar-refractivity contribution is 0.00972. The lowest BCUT2D eigenvalue weighted by Crippen LogP contribution is -2.41. The fourth-order valence-electron chi connectivity index (χ4n) is 6.27. The molecular weight excluding hydrogens is 228 g/mol. The van der Waals surface area contributed by atoms with E-state index in [9.17, 15) is 0 Å². The summed E-state index contributed by atoms with van der Waals surface area (Å²) in [5.74, 6) is 9.33. The van der Waals surface area contributed by atoms with Gasteiger partial charge in [-0.25, -0.2) is 0 Å². The zero-order chi connectivity index (χ0) is 14.5. The fourth-order valence-corrected chi connectivity index (χ4v) is 6.27. The molecule has 0 spiro atoms. The zero-order valence-corrected chi connectivity index (χ0v) is 14.5. The number of rotatable bonds is 2. The van der Waals surface area contributed by atoms with Gasteiger partial charge in [-0.2, -0.15) is 0 Å². The van der Waals surface area contributed by atoms with Crippen molar-refractivity contribution in [1.29, 1.82) is 0 Å². The molecule has 8 unspecified atom stereocenters. The molecule has 2 aliphatic carbocycles. The van der Waals surface area contributed by atoms with Crippen LogP contribution in [0.15, 0.2) is 0 Å². The molecule has 0 aromatic carbocycles. The molecule has 2 aliphatic rings. The van der Waals surface area contributed by atoms with Crippen LogP contribution in [0.5, 0.6) is 0 Å². The molecule has 112 valence electrons. The second kappa shape index (κ2) is 5.41. The fraction of sp³-hybridized carbons (Fsp3) is 1.00. The van der Waals surface area contributed by atoms with Gasteiger partial charge >= 0.3 is 0 Å². The molecule has 2 fully saturated rings. The summed E-state index contributed by atoms with van der Waals surface area (Å²) in [7, 11) is 0. The maximum atomic E-state index is 2.58. The second-order valence-corrected chi connectivity index (χ2v) is 8.67. The molecule has 0 aromatic rings. The Morgan fingerprint density at radius 3 is 1.74 bits per heavy atom. The Hall–Kier alpha value is 0. The Morgan fingerprint density at radius 2 is 1.26 bits per heavy atom. The van der Waals surface area contributed by atoms with E-state index in [4.69, 9.17) is 0 Å². The van der Waals surface area contributed by atoms with Crippen molar-refractivity contribution in [3.05, 3.63) is 0 Å². The van der Waals surface area contributed by atoms with E-state index in [0.717, 1.165) is 59.2 Å². The van der Waals surface area contributed by atoms with Crippen molar-refractivity contribution in [2.75, 3.05) is 0 Å². The van der Waals surface area contributed by atoms with Gasteiger partial charge in [-0.15, -0.1) is 0 Å². The molecule has 0 N–H and O–H groups in total. The number of hydrogen-bond donors (Lipinski definition) is 0. The van der Waals surface area contributed by atoms with Gasteiger partial charge in [0.25, 0.3) is 0 Å². The van der Waals surface area contributed by atoms with Gasteiger partial charge in [-0.05, 0) is 65.6 Å². The summed E-state index contributed by atoms with van der Waals surface area (Å²) < 4.78 is 0. The molecule has 19 heavy (non-hydrogen) atoms. The van der Waals surface area contributed by atoms with Gasteiger partial charge in [-0.1, -0.05) is 55.4 Å². The third-order valence-electron chi connectivity index (χ3n) is 7.14. The van der Waals surface area contributed by atoms with E-state index in [1.54, 1.807) is 0 Å². The van der Waals surface area contributed by atoms with Crippen molar-refractivity contribution in [1.82, 2.24) is 0 Å². The highest BCUT2D eigenvalue weighted by molar-refractivity contribution is 5.02. The first-order chi connectivity index (χ1) is 8.77. The summed E-state index contributed by atoms with van der Waals surface area (Å²) in [6, 6.07) is 0. The van der Waals surface area contributed by atoms with Crippen LogP contribution in [0.2, 0.25) is 0 Å². The first-order valence-electron chi connectivity index (χ1n) is 8.77. The average Bonchev–Trinajstić information content (AvgIpc) is 2.57. The Labute approximate surface area is 121 Å². The van der Waals surface area contributed by atoms with Gasteiger partial charge in [-0.3, -0.25) is 0 Å². The van der Waals surface area contributed by atoms with Gasteiger partial charge < -0.3 is 0 Å². The Balaban J connectivity index is 2.33. The SMILES string of the molecule is CC(C)C1CC(C)C2C(C)C(C)C(C(C)C)C2C1C. The molecule has 0 saturated heterocycles.